The summed E-state index contributed by atoms with van der Waals surface area (Å²) in [6.45, 7) is 5.81. The largest absolute Gasteiger partial charge is 0.462 e. The number of carbonyl (C=O) groups excluding carboxylic acids is 3. The molecule has 0 radical (unpaired) electrons. The molecule has 0 aliphatic heterocycles. The van der Waals surface area contributed by atoms with E-state index in [0.717, 1.165) is 6.42 Å². The fourth-order valence-corrected chi connectivity index (χ4v) is 2.27. The van der Waals surface area contributed by atoms with Crippen molar-refractivity contribution in [2.75, 3.05) is 11.9 Å². The van der Waals surface area contributed by atoms with Crippen LogP contribution in [0.5, 0.6) is 0 Å². The fraction of sp³-hybridized carbons (Fsp3) is 0.300. The molecule has 0 spiro atoms. The molecule has 2 amide bonds. The van der Waals surface area contributed by atoms with Crippen LogP contribution in [0.1, 0.15) is 58.3 Å². The van der Waals surface area contributed by atoms with Crippen LogP contribution in [0, 0.1) is 0 Å². The predicted molar refractivity (Wildman–Crippen MR) is 102 cm³/mol. The average Bonchev–Trinajstić information content (AvgIpc) is 2.68. The van der Waals surface area contributed by atoms with Crippen molar-refractivity contribution >= 4 is 23.5 Å². The number of anilines is 1. The Morgan fingerprint density at radius 1 is 1.07 bits per heavy atom. The number of carbonyl (C=O) groups is 3. The van der Waals surface area contributed by atoms with Crippen LogP contribution in [0.3, 0.4) is 0 Å². The number of hydrogen-bond donors (Lipinski definition) is 2. The summed E-state index contributed by atoms with van der Waals surface area (Å²) in [6.07, 6.45) is 3.56. The summed E-state index contributed by atoms with van der Waals surface area (Å²) in [6, 6.07) is 8.05. The lowest BCUT2D eigenvalue weighted by molar-refractivity contribution is 0.0527. The van der Waals surface area contributed by atoms with Crippen LogP contribution in [-0.4, -0.2) is 35.4 Å². The minimum absolute atomic E-state index is 0.0198. The second-order valence-electron chi connectivity index (χ2n) is 5.97. The van der Waals surface area contributed by atoms with Crippen LogP contribution < -0.4 is 10.6 Å². The van der Waals surface area contributed by atoms with Gasteiger partial charge in [-0.25, -0.2) is 4.79 Å². The van der Waals surface area contributed by atoms with Crippen molar-refractivity contribution in [3.05, 3.63) is 59.4 Å². The van der Waals surface area contributed by atoms with Crippen molar-refractivity contribution in [1.82, 2.24) is 10.3 Å². The topological polar surface area (TPSA) is 97.4 Å². The van der Waals surface area contributed by atoms with Crippen LogP contribution >= 0.6 is 0 Å². The number of para-hydroxylation sites is 1. The summed E-state index contributed by atoms with van der Waals surface area (Å²) in [4.78, 5) is 40.8. The second-order valence-corrected chi connectivity index (χ2v) is 5.97. The van der Waals surface area contributed by atoms with Crippen molar-refractivity contribution in [2.24, 2.45) is 0 Å². The van der Waals surface area contributed by atoms with E-state index >= 15 is 0 Å². The van der Waals surface area contributed by atoms with E-state index in [1.54, 1.807) is 31.2 Å². The van der Waals surface area contributed by atoms with Crippen LogP contribution in [-0.2, 0) is 4.74 Å². The Labute approximate surface area is 158 Å². The Balaban J connectivity index is 2.19. The molecule has 1 heterocycles. The van der Waals surface area contributed by atoms with E-state index in [0.29, 0.717) is 11.3 Å². The normalized spacial score (nSPS) is 11.4. The van der Waals surface area contributed by atoms with Crippen LogP contribution in [0.15, 0.2) is 42.7 Å². The highest BCUT2D eigenvalue weighted by molar-refractivity contribution is 6.08. The first-order chi connectivity index (χ1) is 13.0. The molecular formula is C20H23N3O4. The van der Waals surface area contributed by atoms with E-state index in [4.69, 9.17) is 4.74 Å². The zero-order valence-corrected chi connectivity index (χ0v) is 15.6. The third kappa shape index (κ3) is 5.37. The molecule has 7 heteroatoms. The van der Waals surface area contributed by atoms with Gasteiger partial charge in [-0.05, 0) is 38.5 Å². The molecular weight excluding hydrogens is 346 g/mol. The molecule has 1 atom stereocenters. The van der Waals surface area contributed by atoms with Gasteiger partial charge in [0, 0.05) is 18.4 Å². The molecule has 2 N–H and O–H groups in total. The molecule has 1 aromatic carbocycles. The van der Waals surface area contributed by atoms with Gasteiger partial charge in [-0.2, -0.15) is 0 Å². The number of esters is 1. The number of ether oxygens (including phenoxy) is 1. The van der Waals surface area contributed by atoms with E-state index in [-0.39, 0.29) is 29.7 Å². The van der Waals surface area contributed by atoms with Crippen LogP contribution in [0.4, 0.5) is 5.69 Å². The number of nitrogens with zero attached hydrogens (tertiary/aromatic N) is 1. The molecule has 1 unspecified atom stereocenters. The van der Waals surface area contributed by atoms with Crippen LogP contribution in [0.2, 0.25) is 0 Å². The summed E-state index contributed by atoms with van der Waals surface area (Å²) in [7, 11) is 0. The first-order valence-corrected chi connectivity index (χ1v) is 8.79. The molecule has 27 heavy (non-hydrogen) atoms. The van der Waals surface area contributed by atoms with Gasteiger partial charge in [-0.3, -0.25) is 14.6 Å². The smallest absolute Gasteiger partial charge is 0.340 e. The zero-order chi connectivity index (χ0) is 19.8. The van der Waals surface area contributed by atoms with Crippen molar-refractivity contribution in [3.8, 4) is 0 Å². The summed E-state index contributed by atoms with van der Waals surface area (Å²) >= 11 is 0. The maximum atomic E-state index is 12.6. The van der Waals surface area contributed by atoms with Gasteiger partial charge in [0.2, 0.25) is 0 Å². The van der Waals surface area contributed by atoms with Gasteiger partial charge in [0.05, 0.1) is 29.0 Å². The molecule has 0 saturated carbocycles. The van der Waals surface area contributed by atoms with Gasteiger partial charge >= 0.3 is 5.97 Å². The Kier molecular flexibility index (Phi) is 7.05. The monoisotopic (exact) mass is 369 g/mol. The molecule has 2 rings (SSSR count). The SMILES string of the molecule is CCOC(=O)c1ccccc1NC(=O)c1cncc(C(=O)NC(C)CC)c1. The average molecular weight is 369 g/mol. The van der Waals surface area contributed by atoms with E-state index < -0.39 is 11.9 Å². The second kappa shape index (κ2) is 9.47. The maximum Gasteiger partial charge on any atom is 0.340 e. The minimum atomic E-state index is -0.520. The minimum Gasteiger partial charge on any atom is -0.462 e. The first-order valence-electron chi connectivity index (χ1n) is 8.79. The quantitative estimate of drug-likeness (QED) is 0.731. The molecule has 0 bridgehead atoms. The molecule has 0 aliphatic carbocycles. The maximum absolute atomic E-state index is 12.6. The summed E-state index contributed by atoms with van der Waals surface area (Å²) in [5, 5.41) is 5.50. The third-order valence-electron chi connectivity index (χ3n) is 3.92. The van der Waals surface area contributed by atoms with E-state index in [1.165, 1.54) is 18.5 Å². The van der Waals surface area contributed by atoms with Crippen molar-refractivity contribution in [3.63, 3.8) is 0 Å². The number of aromatic nitrogens is 1. The van der Waals surface area contributed by atoms with Gasteiger partial charge in [0.15, 0.2) is 0 Å². The molecule has 7 nitrogen and oxygen atoms in total. The Morgan fingerprint density at radius 2 is 1.74 bits per heavy atom. The molecule has 2 aromatic rings. The number of pyridine rings is 1. The summed E-state index contributed by atoms with van der Waals surface area (Å²) in [5.74, 6) is -1.29. The highest BCUT2D eigenvalue weighted by Gasteiger charge is 2.16. The lowest BCUT2D eigenvalue weighted by Crippen LogP contribution is -2.32. The standard InChI is InChI=1S/C20H23N3O4/c1-4-13(3)22-18(24)14-10-15(12-21-11-14)19(25)23-17-9-7-6-8-16(17)20(26)27-5-2/h6-13H,4-5H2,1-3H3,(H,22,24)(H,23,25). The fourth-order valence-electron chi connectivity index (χ4n) is 2.27. The van der Waals surface area contributed by atoms with Gasteiger partial charge in [0.25, 0.3) is 11.8 Å². The lowest BCUT2D eigenvalue weighted by Gasteiger charge is -2.12. The van der Waals surface area contributed by atoms with E-state index in [1.807, 2.05) is 13.8 Å². The molecule has 142 valence electrons. The third-order valence-corrected chi connectivity index (χ3v) is 3.92. The van der Waals surface area contributed by atoms with Crippen molar-refractivity contribution < 1.29 is 19.1 Å². The predicted octanol–water partition coefficient (Wildman–Crippen LogP) is 3.04. The lowest BCUT2D eigenvalue weighted by atomic mass is 10.1. The Morgan fingerprint density at radius 3 is 2.41 bits per heavy atom. The van der Waals surface area contributed by atoms with Gasteiger partial charge in [-0.15, -0.1) is 0 Å². The highest BCUT2D eigenvalue weighted by atomic mass is 16.5. The van der Waals surface area contributed by atoms with Crippen molar-refractivity contribution in [1.29, 1.82) is 0 Å². The summed E-state index contributed by atoms with van der Waals surface area (Å²) < 4.78 is 5.00. The summed E-state index contributed by atoms with van der Waals surface area (Å²) in [5.41, 5.74) is 1.09. The molecule has 1 aromatic heterocycles. The first kappa shape index (κ1) is 20.1. The Bertz CT molecular complexity index is 835. The molecule has 0 aliphatic rings. The zero-order valence-electron chi connectivity index (χ0n) is 15.6. The number of hydrogen-bond acceptors (Lipinski definition) is 5. The van der Waals surface area contributed by atoms with Gasteiger partial charge in [-0.1, -0.05) is 19.1 Å². The van der Waals surface area contributed by atoms with E-state index in [9.17, 15) is 14.4 Å². The number of benzene rings is 1. The van der Waals surface area contributed by atoms with E-state index in [2.05, 4.69) is 15.6 Å². The number of nitrogens with one attached hydrogen (secondary N) is 2. The Hall–Kier alpha value is -3.22. The van der Waals surface area contributed by atoms with Gasteiger partial charge in [0.1, 0.15) is 0 Å². The molecule has 0 saturated heterocycles. The number of amides is 2. The van der Waals surface area contributed by atoms with Crippen molar-refractivity contribution in [2.45, 2.75) is 33.2 Å². The highest BCUT2D eigenvalue weighted by Crippen LogP contribution is 2.17. The number of rotatable bonds is 7. The van der Waals surface area contributed by atoms with Gasteiger partial charge < -0.3 is 15.4 Å². The van der Waals surface area contributed by atoms with Crippen LogP contribution in [0.25, 0.3) is 0 Å². The molecule has 0 fully saturated rings.